The number of ether oxygens (including phenoxy) is 3. The molecule has 9 heteroatoms. The predicted molar refractivity (Wildman–Crippen MR) is 179 cm³/mol. The fourth-order valence-electron chi connectivity index (χ4n) is 6.31. The summed E-state index contributed by atoms with van der Waals surface area (Å²) in [6.45, 7) is 9.60. The Labute approximate surface area is 272 Å². The van der Waals surface area contributed by atoms with E-state index in [0.717, 1.165) is 16.7 Å². The molecule has 0 saturated carbocycles. The van der Waals surface area contributed by atoms with Gasteiger partial charge in [0, 0.05) is 45.6 Å². The van der Waals surface area contributed by atoms with Crippen LogP contribution in [-0.4, -0.2) is 74.9 Å². The second kappa shape index (κ2) is 14.4. The van der Waals surface area contributed by atoms with E-state index in [9.17, 15) is 14.4 Å². The Morgan fingerprint density at radius 1 is 1.00 bits per heavy atom. The highest BCUT2D eigenvalue weighted by Crippen LogP contribution is 2.40. The molecule has 2 heterocycles. The van der Waals surface area contributed by atoms with Gasteiger partial charge in [-0.1, -0.05) is 54.6 Å². The molecule has 2 aliphatic heterocycles. The van der Waals surface area contributed by atoms with Crippen LogP contribution in [0.15, 0.2) is 72.8 Å². The van der Waals surface area contributed by atoms with E-state index in [1.165, 1.54) is 0 Å². The number of nitrogens with zero attached hydrogens (tertiary/aromatic N) is 3. The first-order valence-electron chi connectivity index (χ1n) is 16.1. The fourth-order valence-corrected chi connectivity index (χ4v) is 6.31. The molecule has 1 saturated heterocycles. The lowest BCUT2D eigenvalue weighted by atomic mass is 9.79. The first-order valence-corrected chi connectivity index (χ1v) is 16.1. The van der Waals surface area contributed by atoms with Crippen LogP contribution in [0.3, 0.4) is 0 Å². The van der Waals surface area contributed by atoms with Crippen molar-refractivity contribution in [2.24, 2.45) is 5.92 Å². The molecule has 2 aliphatic rings. The monoisotopic (exact) mass is 627 g/mol. The van der Waals surface area contributed by atoms with Crippen LogP contribution in [0, 0.1) is 5.92 Å². The normalized spacial score (nSPS) is 18.1. The van der Waals surface area contributed by atoms with Crippen molar-refractivity contribution in [3.05, 3.63) is 78.4 Å². The zero-order valence-electron chi connectivity index (χ0n) is 27.5. The molecular formula is C37H45N3O6. The molecule has 5 rings (SSSR count). The maximum absolute atomic E-state index is 14.7. The van der Waals surface area contributed by atoms with Crippen molar-refractivity contribution in [2.45, 2.75) is 52.1 Å². The second-order valence-electron chi connectivity index (χ2n) is 12.8. The molecule has 3 amide bonds. The standard InChI is InChI=1S/C37H45N3O6/c1-6-39(29-16-17-33-32(23-29)40(19-11-21-44-5)34(41)25-45-33)35(42)31-24-38(36(43)46-37(2,3)4)20-18-30(31)28-15-10-14-27(22-28)26-12-8-7-9-13-26/h7-10,12-17,22-23,30-31H,6,11,18-21,24-25H2,1-5H3/t30-,31?/m1/s1. The van der Waals surface area contributed by atoms with Gasteiger partial charge in [0.2, 0.25) is 5.91 Å². The van der Waals surface area contributed by atoms with E-state index in [0.29, 0.717) is 56.2 Å². The molecule has 0 bridgehead atoms. The minimum atomic E-state index is -0.648. The zero-order valence-corrected chi connectivity index (χ0v) is 27.5. The van der Waals surface area contributed by atoms with Gasteiger partial charge in [0.25, 0.3) is 5.91 Å². The molecule has 0 spiro atoms. The summed E-state index contributed by atoms with van der Waals surface area (Å²) >= 11 is 0. The molecule has 9 nitrogen and oxygen atoms in total. The first-order chi connectivity index (χ1) is 22.1. The highest BCUT2D eigenvalue weighted by Gasteiger charge is 2.40. The summed E-state index contributed by atoms with van der Waals surface area (Å²) in [5.41, 5.74) is 3.92. The summed E-state index contributed by atoms with van der Waals surface area (Å²) in [5, 5.41) is 0. The Balaban J connectivity index is 1.48. The molecule has 2 atom stereocenters. The Morgan fingerprint density at radius 3 is 2.48 bits per heavy atom. The van der Waals surface area contributed by atoms with Crippen molar-refractivity contribution in [1.82, 2.24) is 4.90 Å². The summed E-state index contributed by atoms with van der Waals surface area (Å²) in [4.78, 5) is 45.9. The number of hydrogen-bond acceptors (Lipinski definition) is 6. The lowest BCUT2D eigenvalue weighted by Gasteiger charge is -2.40. The molecule has 1 unspecified atom stereocenters. The number of anilines is 2. The van der Waals surface area contributed by atoms with Gasteiger partial charge in [0.1, 0.15) is 11.4 Å². The number of carbonyl (C=O) groups is 3. The SMILES string of the molecule is CCN(C(=O)C1CN(C(=O)OC(C)(C)C)CC[C@@H]1c1cccc(-c2ccccc2)c1)c1ccc2c(c1)N(CCCOC)C(=O)CO2. The highest BCUT2D eigenvalue weighted by atomic mass is 16.6. The lowest BCUT2D eigenvalue weighted by molar-refractivity contribution is -0.124. The van der Waals surface area contributed by atoms with E-state index in [1.54, 1.807) is 21.8 Å². The van der Waals surface area contributed by atoms with Crippen molar-refractivity contribution >= 4 is 29.3 Å². The second-order valence-corrected chi connectivity index (χ2v) is 12.8. The van der Waals surface area contributed by atoms with Crippen LogP contribution in [0.5, 0.6) is 5.75 Å². The van der Waals surface area contributed by atoms with Gasteiger partial charge in [-0.3, -0.25) is 9.59 Å². The third-order valence-electron chi connectivity index (χ3n) is 8.51. The van der Waals surface area contributed by atoms with Crippen LogP contribution in [0.4, 0.5) is 16.2 Å². The van der Waals surface area contributed by atoms with Crippen LogP contribution in [0.2, 0.25) is 0 Å². The molecule has 3 aromatic rings. The quantitative estimate of drug-likeness (QED) is 0.252. The predicted octanol–water partition coefficient (Wildman–Crippen LogP) is 6.51. The minimum absolute atomic E-state index is 0.0257. The Morgan fingerprint density at radius 2 is 1.76 bits per heavy atom. The summed E-state index contributed by atoms with van der Waals surface area (Å²) in [6.07, 6.45) is 0.876. The minimum Gasteiger partial charge on any atom is -0.482 e. The van der Waals surface area contributed by atoms with Crippen LogP contribution in [-0.2, 0) is 19.1 Å². The van der Waals surface area contributed by atoms with Crippen LogP contribution in [0.1, 0.15) is 52.0 Å². The average molecular weight is 628 g/mol. The van der Waals surface area contributed by atoms with Gasteiger partial charge >= 0.3 is 6.09 Å². The zero-order chi connectivity index (χ0) is 32.8. The lowest BCUT2D eigenvalue weighted by Crippen LogP contribution is -2.51. The number of amides is 3. The molecule has 3 aromatic carbocycles. The van der Waals surface area contributed by atoms with Crippen molar-refractivity contribution in [1.29, 1.82) is 0 Å². The average Bonchev–Trinajstić information content (AvgIpc) is 3.05. The molecule has 244 valence electrons. The topological polar surface area (TPSA) is 88.6 Å². The van der Waals surface area contributed by atoms with Gasteiger partial charge in [-0.2, -0.15) is 0 Å². The third kappa shape index (κ3) is 7.53. The molecule has 0 aliphatic carbocycles. The molecule has 0 aromatic heterocycles. The van der Waals surface area contributed by atoms with E-state index >= 15 is 0 Å². The number of carbonyl (C=O) groups excluding carboxylic acids is 3. The molecule has 46 heavy (non-hydrogen) atoms. The van der Waals surface area contributed by atoms with Gasteiger partial charge in [0.15, 0.2) is 6.61 Å². The highest BCUT2D eigenvalue weighted by molar-refractivity contribution is 6.01. The number of hydrogen-bond donors (Lipinski definition) is 0. The number of benzene rings is 3. The van der Waals surface area contributed by atoms with Gasteiger partial charge < -0.3 is 28.9 Å². The molecular weight excluding hydrogens is 582 g/mol. The number of fused-ring (bicyclic) bond motifs is 1. The van der Waals surface area contributed by atoms with Crippen LogP contribution < -0.4 is 14.5 Å². The number of rotatable bonds is 9. The summed E-state index contributed by atoms with van der Waals surface area (Å²) in [6, 6.07) is 24.1. The van der Waals surface area contributed by atoms with E-state index in [1.807, 2.05) is 70.2 Å². The number of methoxy groups -OCH3 is 1. The van der Waals surface area contributed by atoms with Crippen molar-refractivity contribution < 1.29 is 28.6 Å². The van der Waals surface area contributed by atoms with Crippen molar-refractivity contribution in [3.8, 4) is 16.9 Å². The maximum atomic E-state index is 14.7. The Hall–Kier alpha value is -4.37. The van der Waals surface area contributed by atoms with Gasteiger partial charge in [-0.05, 0) is 81.3 Å². The summed E-state index contributed by atoms with van der Waals surface area (Å²) in [5.74, 6) is -0.238. The van der Waals surface area contributed by atoms with Crippen molar-refractivity contribution in [2.75, 3.05) is 56.3 Å². The number of likely N-dealkylation sites (tertiary alicyclic amines) is 1. The Bertz CT molecular complexity index is 1540. The summed E-state index contributed by atoms with van der Waals surface area (Å²) < 4.78 is 16.7. The van der Waals surface area contributed by atoms with Gasteiger partial charge in [-0.25, -0.2) is 4.79 Å². The van der Waals surface area contributed by atoms with Crippen LogP contribution in [0.25, 0.3) is 11.1 Å². The largest absolute Gasteiger partial charge is 0.482 e. The van der Waals surface area contributed by atoms with Crippen LogP contribution >= 0.6 is 0 Å². The summed E-state index contributed by atoms with van der Waals surface area (Å²) in [7, 11) is 1.64. The molecule has 0 radical (unpaired) electrons. The van der Waals surface area contributed by atoms with Gasteiger partial charge in [0.05, 0.1) is 11.6 Å². The van der Waals surface area contributed by atoms with Gasteiger partial charge in [-0.15, -0.1) is 0 Å². The Kier molecular flexibility index (Phi) is 10.3. The maximum Gasteiger partial charge on any atom is 0.410 e. The van der Waals surface area contributed by atoms with E-state index < -0.39 is 17.6 Å². The third-order valence-corrected chi connectivity index (χ3v) is 8.51. The van der Waals surface area contributed by atoms with E-state index in [4.69, 9.17) is 14.2 Å². The fraction of sp³-hybridized carbons (Fsp3) is 0.432. The number of piperidine rings is 1. The molecule has 0 N–H and O–H groups in total. The smallest absolute Gasteiger partial charge is 0.410 e. The van der Waals surface area contributed by atoms with Crippen molar-refractivity contribution in [3.63, 3.8) is 0 Å². The van der Waals surface area contributed by atoms with E-state index in [2.05, 4.69) is 30.3 Å². The van der Waals surface area contributed by atoms with E-state index in [-0.39, 0.29) is 30.9 Å². The molecule has 1 fully saturated rings. The first kappa shape index (κ1) is 33.0.